The molecular formula is C14H23NO. The lowest BCUT2D eigenvalue weighted by atomic mass is 9.96. The standard InChI is InChI=1S/C14H23NO/c1-5-14(16-4)13(15)9-12-8-10(2)6-7-11(12)3/h6-8,13-14H,5,9,15H2,1-4H3. The molecule has 0 radical (unpaired) electrons. The molecule has 0 heterocycles. The lowest BCUT2D eigenvalue weighted by Crippen LogP contribution is -2.37. The lowest BCUT2D eigenvalue weighted by molar-refractivity contribution is 0.0773. The molecule has 0 aromatic heterocycles. The van der Waals surface area contributed by atoms with Gasteiger partial charge in [0.25, 0.3) is 0 Å². The number of hydrogen-bond donors (Lipinski definition) is 1. The van der Waals surface area contributed by atoms with Gasteiger partial charge < -0.3 is 10.5 Å². The number of rotatable bonds is 5. The van der Waals surface area contributed by atoms with Crippen LogP contribution in [0.25, 0.3) is 0 Å². The molecule has 1 aromatic rings. The van der Waals surface area contributed by atoms with E-state index in [-0.39, 0.29) is 12.1 Å². The van der Waals surface area contributed by atoms with Crippen molar-refractivity contribution in [1.82, 2.24) is 0 Å². The molecule has 1 aromatic carbocycles. The molecule has 0 saturated heterocycles. The van der Waals surface area contributed by atoms with Gasteiger partial charge in [-0.25, -0.2) is 0 Å². The Morgan fingerprint density at radius 3 is 2.56 bits per heavy atom. The summed E-state index contributed by atoms with van der Waals surface area (Å²) in [5.41, 5.74) is 10.1. The fraction of sp³-hybridized carbons (Fsp3) is 0.571. The van der Waals surface area contributed by atoms with E-state index in [4.69, 9.17) is 10.5 Å². The van der Waals surface area contributed by atoms with Crippen LogP contribution in [0.3, 0.4) is 0 Å². The molecule has 0 aliphatic rings. The minimum atomic E-state index is 0.0792. The first-order valence-electron chi connectivity index (χ1n) is 5.93. The Labute approximate surface area is 98.8 Å². The monoisotopic (exact) mass is 221 g/mol. The molecule has 2 atom stereocenters. The van der Waals surface area contributed by atoms with Crippen molar-refractivity contribution in [2.24, 2.45) is 5.73 Å². The van der Waals surface area contributed by atoms with Crippen molar-refractivity contribution < 1.29 is 4.74 Å². The summed E-state index contributed by atoms with van der Waals surface area (Å²) in [7, 11) is 1.73. The molecule has 2 nitrogen and oxygen atoms in total. The van der Waals surface area contributed by atoms with Crippen LogP contribution >= 0.6 is 0 Å². The van der Waals surface area contributed by atoms with Crippen LogP contribution in [0.5, 0.6) is 0 Å². The van der Waals surface area contributed by atoms with Gasteiger partial charge in [-0.05, 0) is 37.8 Å². The third-order valence-electron chi connectivity index (χ3n) is 3.14. The quantitative estimate of drug-likeness (QED) is 0.829. The predicted octanol–water partition coefficient (Wildman–Crippen LogP) is 2.60. The lowest BCUT2D eigenvalue weighted by Gasteiger charge is -2.22. The van der Waals surface area contributed by atoms with Crippen molar-refractivity contribution in [2.75, 3.05) is 7.11 Å². The summed E-state index contributed by atoms with van der Waals surface area (Å²) in [4.78, 5) is 0. The molecule has 0 spiro atoms. The molecule has 0 amide bonds. The van der Waals surface area contributed by atoms with Crippen molar-refractivity contribution in [3.63, 3.8) is 0 Å². The van der Waals surface area contributed by atoms with Gasteiger partial charge in [0.2, 0.25) is 0 Å². The van der Waals surface area contributed by atoms with E-state index in [1.165, 1.54) is 16.7 Å². The van der Waals surface area contributed by atoms with Crippen LogP contribution in [-0.4, -0.2) is 19.3 Å². The van der Waals surface area contributed by atoms with Gasteiger partial charge in [-0.15, -0.1) is 0 Å². The zero-order valence-corrected chi connectivity index (χ0v) is 10.8. The normalized spacial score (nSPS) is 14.8. The average molecular weight is 221 g/mol. The highest BCUT2D eigenvalue weighted by molar-refractivity contribution is 5.31. The second kappa shape index (κ2) is 6.02. The first kappa shape index (κ1) is 13.2. The van der Waals surface area contributed by atoms with Gasteiger partial charge in [0, 0.05) is 13.2 Å². The topological polar surface area (TPSA) is 35.2 Å². The fourth-order valence-corrected chi connectivity index (χ4v) is 2.05. The first-order chi connectivity index (χ1) is 7.58. The molecule has 2 N–H and O–H groups in total. The Kier molecular flexibility index (Phi) is 4.97. The highest BCUT2D eigenvalue weighted by atomic mass is 16.5. The van der Waals surface area contributed by atoms with Gasteiger partial charge in [-0.3, -0.25) is 0 Å². The van der Waals surface area contributed by atoms with Gasteiger partial charge in [-0.1, -0.05) is 30.7 Å². The third-order valence-corrected chi connectivity index (χ3v) is 3.14. The van der Waals surface area contributed by atoms with E-state index in [1.807, 2.05) is 0 Å². The van der Waals surface area contributed by atoms with Crippen molar-refractivity contribution >= 4 is 0 Å². The zero-order chi connectivity index (χ0) is 12.1. The van der Waals surface area contributed by atoms with Crippen LogP contribution in [0.1, 0.15) is 30.0 Å². The minimum Gasteiger partial charge on any atom is -0.380 e. The molecule has 1 rings (SSSR count). The molecule has 2 unspecified atom stereocenters. The fourth-order valence-electron chi connectivity index (χ4n) is 2.05. The van der Waals surface area contributed by atoms with Crippen LogP contribution in [0.2, 0.25) is 0 Å². The number of ether oxygens (including phenoxy) is 1. The van der Waals surface area contributed by atoms with Crippen molar-refractivity contribution in [3.05, 3.63) is 34.9 Å². The molecule has 90 valence electrons. The van der Waals surface area contributed by atoms with Crippen molar-refractivity contribution in [2.45, 2.75) is 45.8 Å². The largest absolute Gasteiger partial charge is 0.380 e. The zero-order valence-electron chi connectivity index (χ0n) is 10.8. The molecule has 0 bridgehead atoms. The molecular weight excluding hydrogens is 198 g/mol. The molecule has 0 saturated carbocycles. The first-order valence-corrected chi connectivity index (χ1v) is 5.93. The van der Waals surface area contributed by atoms with Crippen molar-refractivity contribution in [1.29, 1.82) is 0 Å². The molecule has 0 aliphatic heterocycles. The van der Waals surface area contributed by atoms with E-state index in [1.54, 1.807) is 7.11 Å². The van der Waals surface area contributed by atoms with Gasteiger partial charge in [0.1, 0.15) is 0 Å². The summed E-state index contributed by atoms with van der Waals surface area (Å²) in [5, 5.41) is 0. The molecule has 0 aliphatic carbocycles. The number of hydrogen-bond acceptors (Lipinski definition) is 2. The Balaban J connectivity index is 2.75. The summed E-state index contributed by atoms with van der Waals surface area (Å²) in [6.07, 6.45) is 2.00. The maximum atomic E-state index is 6.16. The second-order valence-corrected chi connectivity index (χ2v) is 4.48. The summed E-state index contributed by atoms with van der Waals surface area (Å²) in [6, 6.07) is 6.59. The van der Waals surface area contributed by atoms with Crippen LogP contribution in [0.4, 0.5) is 0 Å². The Hall–Kier alpha value is -0.860. The van der Waals surface area contributed by atoms with Crippen LogP contribution in [0.15, 0.2) is 18.2 Å². The van der Waals surface area contributed by atoms with Crippen LogP contribution in [-0.2, 0) is 11.2 Å². The van der Waals surface area contributed by atoms with Gasteiger partial charge in [0.15, 0.2) is 0 Å². The molecule has 16 heavy (non-hydrogen) atoms. The van der Waals surface area contributed by atoms with Gasteiger partial charge in [-0.2, -0.15) is 0 Å². The summed E-state index contributed by atoms with van der Waals surface area (Å²) in [6.45, 7) is 6.36. The predicted molar refractivity (Wildman–Crippen MR) is 68.7 cm³/mol. The van der Waals surface area contributed by atoms with E-state index in [0.717, 1.165) is 12.8 Å². The minimum absolute atomic E-state index is 0.0792. The summed E-state index contributed by atoms with van der Waals surface area (Å²) >= 11 is 0. The van der Waals surface area contributed by atoms with E-state index in [9.17, 15) is 0 Å². The third kappa shape index (κ3) is 3.32. The Morgan fingerprint density at radius 2 is 2.00 bits per heavy atom. The van der Waals surface area contributed by atoms with Gasteiger partial charge in [0.05, 0.1) is 6.10 Å². The smallest absolute Gasteiger partial charge is 0.0722 e. The maximum absolute atomic E-state index is 6.16. The van der Waals surface area contributed by atoms with Crippen molar-refractivity contribution in [3.8, 4) is 0 Å². The van der Waals surface area contributed by atoms with E-state index >= 15 is 0 Å². The summed E-state index contributed by atoms with van der Waals surface area (Å²) < 4.78 is 5.38. The van der Waals surface area contributed by atoms with Crippen LogP contribution < -0.4 is 5.73 Å². The van der Waals surface area contributed by atoms with Gasteiger partial charge >= 0.3 is 0 Å². The highest BCUT2D eigenvalue weighted by Gasteiger charge is 2.16. The van der Waals surface area contributed by atoms with E-state index < -0.39 is 0 Å². The number of nitrogens with two attached hydrogens (primary N) is 1. The summed E-state index contributed by atoms with van der Waals surface area (Å²) in [5.74, 6) is 0. The average Bonchev–Trinajstić information content (AvgIpc) is 2.25. The Morgan fingerprint density at radius 1 is 1.31 bits per heavy atom. The SMILES string of the molecule is CCC(OC)C(N)Cc1cc(C)ccc1C. The molecule has 2 heteroatoms. The number of methoxy groups -OCH3 is 1. The second-order valence-electron chi connectivity index (χ2n) is 4.48. The van der Waals surface area contributed by atoms with E-state index in [2.05, 4.69) is 39.0 Å². The number of aryl methyl sites for hydroxylation is 2. The maximum Gasteiger partial charge on any atom is 0.0722 e. The Bertz CT molecular complexity index is 332. The molecule has 0 fully saturated rings. The number of benzene rings is 1. The van der Waals surface area contributed by atoms with E-state index in [0.29, 0.717) is 0 Å². The van der Waals surface area contributed by atoms with Crippen LogP contribution in [0, 0.1) is 13.8 Å². The highest BCUT2D eigenvalue weighted by Crippen LogP contribution is 2.15.